The van der Waals surface area contributed by atoms with Crippen molar-refractivity contribution in [2.75, 3.05) is 7.11 Å². The van der Waals surface area contributed by atoms with E-state index in [1.165, 1.54) is 19.4 Å². The van der Waals surface area contributed by atoms with E-state index in [0.29, 0.717) is 0 Å². The summed E-state index contributed by atoms with van der Waals surface area (Å²) in [6.45, 7) is 3.16. The summed E-state index contributed by atoms with van der Waals surface area (Å²) in [7, 11) is 1.55. The van der Waals surface area contributed by atoms with Gasteiger partial charge in [0.1, 0.15) is 0 Å². The standard InChI is InChI=1S/C8H12O3/c1-7(4-5-10-3)6-11-8(2)9/h4-6H,1-3H3. The van der Waals surface area contributed by atoms with Crippen molar-refractivity contribution in [1.29, 1.82) is 0 Å². The van der Waals surface area contributed by atoms with Crippen molar-refractivity contribution in [3.8, 4) is 0 Å². The SMILES string of the molecule is COC=CC(C)=COC(C)=O. The highest BCUT2D eigenvalue weighted by atomic mass is 16.5. The number of esters is 1. The Morgan fingerprint density at radius 1 is 1.36 bits per heavy atom. The lowest BCUT2D eigenvalue weighted by atomic mass is 10.3. The summed E-state index contributed by atoms with van der Waals surface area (Å²) >= 11 is 0. The summed E-state index contributed by atoms with van der Waals surface area (Å²) < 4.78 is 9.25. The molecule has 0 aromatic rings. The van der Waals surface area contributed by atoms with E-state index in [1.54, 1.807) is 20.1 Å². The van der Waals surface area contributed by atoms with Gasteiger partial charge in [-0.3, -0.25) is 4.79 Å². The van der Waals surface area contributed by atoms with Crippen molar-refractivity contribution in [2.45, 2.75) is 13.8 Å². The summed E-state index contributed by atoms with van der Waals surface area (Å²) in [5.74, 6) is -0.324. The predicted octanol–water partition coefficient (Wildman–Crippen LogP) is 1.61. The number of rotatable bonds is 3. The second kappa shape index (κ2) is 5.53. The molecule has 0 aromatic heterocycles. The Morgan fingerprint density at radius 2 is 2.00 bits per heavy atom. The van der Waals surface area contributed by atoms with Crippen LogP contribution in [0.4, 0.5) is 0 Å². The Bertz CT molecular complexity index is 180. The quantitative estimate of drug-likeness (QED) is 0.354. The third-order valence-corrected chi connectivity index (χ3v) is 0.878. The van der Waals surface area contributed by atoms with E-state index >= 15 is 0 Å². The first-order valence-corrected chi connectivity index (χ1v) is 3.20. The van der Waals surface area contributed by atoms with Crippen molar-refractivity contribution >= 4 is 5.97 Å². The zero-order valence-corrected chi connectivity index (χ0v) is 6.96. The first kappa shape index (κ1) is 9.75. The molecule has 0 spiro atoms. The van der Waals surface area contributed by atoms with Crippen LogP contribution in [0.1, 0.15) is 13.8 Å². The topological polar surface area (TPSA) is 35.5 Å². The molecule has 0 aliphatic rings. The first-order valence-electron chi connectivity index (χ1n) is 3.20. The van der Waals surface area contributed by atoms with E-state index in [4.69, 9.17) is 0 Å². The van der Waals surface area contributed by atoms with Crippen molar-refractivity contribution in [2.24, 2.45) is 0 Å². The van der Waals surface area contributed by atoms with Gasteiger partial charge >= 0.3 is 5.97 Å². The third-order valence-electron chi connectivity index (χ3n) is 0.878. The molecule has 0 fully saturated rings. The Balaban J connectivity index is 3.81. The monoisotopic (exact) mass is 156 g/mol. The molecule has 0 rings (SSSR count). The Morgan fingerprint density at radius 3 is 2.45 bits per heavy atom. The molecule has 3 heteroatoms. The zero-order valence-electron chi connectivity index (χ0n) is 6.96. The Labute approximate surface area is 66.3 Å². The van der Waals surface area contributed by atoms with Crippen molar-refractivity contribution in [3.05, 3.63) is 24.2 Å². The van der Waals surface area contributed by atoms with Gasteiger partial charge < -0.3 is 9.47 Å². The molecule has 0 aliphatic heterocycles. The highest BCUT2D eigenvalue weighted by molar-refractivity contribution is 5.66. The number of allylic oxidation sites excluding steroid dienone is 2. The molecular weight excluding hydrogens is 144 g/mol. The molecule has 0 aromatic carbocycles. The maximum absolute atomic E-state index is 10.3. The minimum atomic E-state index is -0.324. The molecular formula is C8H12O3. The highest BCUT2D eigenvalue weighted by Gasteiger charge is 1.86. The second-order valence-electron chi connectivity index (χ2n) is 2.01. The van der Waals surface area contributed by atoms with Gasteiger partial charge in [0.2, 0.25) is 0 Å². The van der Waals surface area contributed by atoms with E-state index in [-0.39, 0.29) is 5.97 Å². The van der Waals surface area contributed by atoms with Gasteiger partial charge in [0, 0.05) is 6.92 Å². The molecule has 0 atom stereocenters. The summed E-state index contributed by atoms with van der Waals surface area (Å²) in [6.07, 6.45) is 4.58. The number of hydrogen-bond acceptors (Lipinski definition) is 3. The highest BCUT2D eigenvalue weighted by Crippen LogP contribution is 1.95. The Hall–Kier alpha value is -1.25. The van der Waals surface area contributed by atoms with Crippen LogP contribution in [0.5, 0.6) is 0 Å². The van der Waals surface area contributed by atoms with Gasteiger partial charge in [0.15, 0.2) is 0 Å². The number of carbonyl (C=O) groups is 1. The van der Waals surface area contributed by atoms with Crippen LogP contribution in [0.2, 0.25) is 0 Å². The molecule has 3 nitrogen and oxygen atoms in total. The van der Waals surface area contributed by atoms with Crippen LogP contribution in [0, 0.1) is 0 Å². The van der Waals surface area contributed by atoms with Gasteiger partial charge in [0.25, 0.3) is 0 Å². The van der Waals surface area contributed by atoms with Gasteiger partial charge in [-0.15, -0.1) is 0 Å². The molecule has 11 heavy (non-hydrogen) atoms. The fourth-order valence-electron chi connectivity index (χ4n) is 0.391. The summed E-state index contributed by atoms with van der Waals surface area (Å²) in [5, 5.41) is 0. The lowest BCUT2D eigenvalue weighted by Gasteiger charge is -1.93. The van der Waals surface area contributed by atoms with E-state index in [0.717, 1.165) is 5.57 Å². The van der Waals surface area contributed by atoms with Gasteiger partial charge in [-0.1, -0.05) is 0 Å². The largest absolute Gasteiger partial charge is 0.504 e. The summed E-state index contributed by atoms with van der Waals surface area (Å²) in [6, 6.07) is 0. The molecule has 0 saturated heterocycles. The molecule has 0 bridgehead atoms. The maximum atomic E-state index is 10.3. The molecule has 62 valence electrons. The maximum Gasteiger partial charge on any atom is 0.307 e. The van der Waals surface area contributed by atoms with Crippen LogP contribution < -0.4 is 0 Å². The van der Waals surface area contributed by atoms with Gasteiger partial charge in [-0.25, -0.2) is 0 Å². The molecule has 0 unspecified atom stereocenters. The van der Waals surface area contributed by atoms with Crippen molar-refractivity contribution in [1.82, 2.24) is 0 Å². The third kappa shape index (κ3) is 6.64. The molecule has 0 amide bonds. The van der Waals surface area contributed by atoms with Crippen molar-refractivity contribution in [3.63, 3.8) is 0 Å². The number of carbonyl (C=O) groups excluding carboxylic acids is 1. The van der Waals surface area contributed by atoms with E-state index < -0.39 is 0 Å². The molecule has 0 heterocycles. The van der Waals surface area contributed by atoms with Crippen LogP contribution in [-0.2, 0) is 14.3 Å². The lowest BCUT2D eigenvalue weighted by Crippen LogP contribution is -1.90. The molecule has 0 N–H and O–H groups in total. The normalized spacial score (nSPS) is 11.7. The van der Waals surface area contributed by atoms with Crippen molar-refractivity contribution < 1.29 is 14.3 Å². The zero-order chi connectivity index (χ0) is 8.69. The molecule has 0 aliphatic carbocycles. The van der Waals surface area contributed by atoms with E-state index in [1.807, 2.05) is 0 Å². The van der Waals surface area contributed by atoms with Crippen LogP contribution in [-0.4, -0.2) is 13.1 Å². The second-order valence-corrected chi connectivity index (χ2v) is 2.01. The van der Waals surface area contributed by atoms with E-state index in [9.17, 15) is 4.79 Å². The fraction of sp³-hybridized carbons (Fsp3) is 0.375. The number of hydrogen-bond donors (Lipinski definition) is 0. The van der Waals surface area contributed by atoms with Gasteiger partial charge in [-0.2, -0.15) is 0 Å². The Kier molecular flexibility index (Phi) is 4.90. The average molecular weight is 156 g/mol. The average Bonchev–Trinajstić information content (AvgIpc) is 1.97. The summed E-state index contributed by atoms with van der Waals surface area (Å²) in [5.41, 5.74) is 0.821. The summed E-state index contributed by atoms with van der Waals surface area (Å²) in [4.78, 5) is 10.3. The fourth-order valence-corrected chi connectivity index (χ4v) is 0.391. The van der Waals surface area contributed by atoms with Crippen LogP contribution in [0.3, 0.4) is 0 Å². The van der Waals surface area contributed by atoms with Crippen LogP contribution >= 0.6 is 0 Å². The van der Waals surface area contributed by atoms with Crippen LogP contribution in [0.15, 0.2) is 24.2 Å². The minimum absolute atomic E-state index is 0.324. The van der Waals surface area contributed by atoms with Gasteiger partial charge in [-0.05, 0) is 18.6 Å². The van der Waals surface area contributed by atoms with E-state index in [2.05, 4.69) is 9.47 Å². The smallest absolute Gasteiger partial charge is 0.307 e. The molecule has 0 saturated carbocycles. The minimum Gasteiger partial charge on any atom is -0.504 e. The number of ether oxygens (including phenoxy) is 2. The van der Waals surface area contributed by atoms with Crippen LogP contribution in [0.25, 0.3) is 0 Å². The van der Waals surface area contributed by atoms with Gasteiger partial charge in [0.05, 0.1) is 19.6 Å². The lowest BCUT2D eigenvalue weighted by molar-refractivity contribution is -0.135. The first-order chi connectivity index (χ1) is 5.16. The number of methoxy groups -OCH3 is 1. The molecule has 0 radical (unpaired) electrons. The predicted molar refractivity (Wildman–Crippen MR) is 41.7 cm³/mol.